The van der Waals surface area contributed by atoms with Crippen LogP contribution in [0.4, 0.5) is 4.79 Å². The average molecular weight is 1340 g/mol. The maximum Gasteiger partial charge on any atom is 0.472 e. The van der Waals surface area contributed by atoms with Crippen molar-refractivity contribution in [2.75, 3.05) is 65.9 Å². The molecule has 6 atom stereocenters. The third-order valence-electron chi connectivity index (χ3n) is 17.5. The van der Waals surface area contributed by atoms with Crippen LogP contribution in [0.15, 0.2) is 0 Å². The van der Waals surface area contributed by atoms with Gasteiger partial charge in [0.2, 0.25) is 11.8 Å². The molecule has 0 saturated carbocycles. The Morgan fingerprint density at radius 3 is 0.956 bits per heavy atom. The molecule has 0 fully saturated rings. The first-order valence-electron chi connectivity index (χ1n) is 38.2. The van der Waals surface area contributed by atoms with Crippen molar-refractivity contribution in [3.05, 3.63) is 0 Å². The third kappa shape index (κ3) is 65.4. The van der Waals surface area contributed by atoms with Crippen molar-refractivity contribution in [2.45, 2.75) is 368 Å². The van der Waals surface area contributed by atoms with Gasteiger partial charge in [0, 0.05) is 39.1 Å². The van der Waals surface area contributed by atoms with Gasteiger partial charge in [0.05, 0.1) is 51.7 Å². The minimum Gasteiger partial charge on any atom is -0.379 e. The molecule has 6 N–H and O–H groups in total. The molecule has 0 bridgehead atoms. The summed E-state index contributed by atoms with van der Waals surface area (Å²) in [5.74, 6) is 0.752. The van der Waals surface area contributed by atoms with Crippen molar-refractivity contribution in [1.82, 2.24) is 21.3 Å². The summed E-state index contributed by atoms with van der Waals surface area (Å²) in [5.41, 5.74) is 0. The van der Waals surface area contributed by atoms with Gasteiger partial charge in [-0.2, -0.15) is 0 Å². The van der Waals surface area contributed by atoms with Crippen LogP contribution in [0.5, 0.6) is 0 Å². The molecule has 19 heteroatoms. The summed E-state index contributed by atoms with van der Waals surface area (Å²) in [6.07, 6.45) is 57.5. The van der Waals surface area contributed by atoms with Crippen molar-refractivity contribution >= 4 is 33.5 Å². The number of hydrogen-bond acceptors (Lipinski definition) is 11. The molecule has 0 aromatic rings. The second-order valence-electron chi connectivity index (χ2n) is 26.6. The van der Waals surface area contributed by atoms with Crippen LogP contribution in [0.3, 0.4) is 0 Å². The van der Waals surface area contributed by atoms with E-state index in [-0.39, 0.29) is 64.5 Å². The monoisotopic (exact) mass is 1340 g/mol. The second kappa shape index (κ2) is 66.9. The molecular formula is C72H146N4O13P2. The second-order valence-corrected chi connectivity index (χ2v) is 29.5. The predicted molar refractivity (Wildman–Crippen MR) is 378 cm³/mol. The van der Waals surface area contributed by atoms with Crippen LogP contribution in [-0.4, -0.2) is 106 Å². The van der Waals surface area contributed by atoms with E-state index in [0.717, 1.165) is 57.8 Å². The lowest BCUT2D eigenvalue weighted by atomic mass is 9.91. The molecule has 0 spiro atoms. The third-order valence-corrected chi connectivity index (χ3v) is 19.4. The van der Waals surface area contributed by atoms with Crippen LogP contribution in [0.1, 0.15) is 356 Å². The maximum absolute atomic E-state index is 13.2. The number of rotatable bonds is 73. The lowest BCUT2D eigenvalue weighted by molar-refractivity contribution is -0.123. The van der Waals surface area contributed by atoms with E-state index in [1.165, 1.54) is 244 Å². The zero-order valence-corrected chi connectivity index (χ0v) is 61.6. The van der Waals surface area contributed by atoms with E-state index >= 15 is 0 Å². The minimum absolute atomic E-state index is 0.114. The predicted octanol–water partition coefficient (Wildman–Crippen LogP) is 20.0. The quantitative estimate of drug-likeness (QED) is 0.0246. The molecule has 0 heterocycles. The largest absolute Gasteiger partial charge is 0.472 e. The Morgan fingerprint density at radius 2 is 0.626 bits per heavy atom. The summed E-state index contributed by atoms with van der Waals surface area (Å²) < 4.78 is 59.3. The van der Waals surface area contributed by atoms with Crippen molar-refractivity contribution < 1.29 is 60.9 Å². The number of carbonyl (C=O) groups excluding carboxylic acids is 3. The van der Waals surface area contributed by atoms with Gasteiger partial charge in [-0.3, -0.25) is 27.7 Å². The summed E-state index contributed by atoms with van der Waals surface area (Å²) in [7, 11) is -9.20. The molecule has 0 aromatic heterocycles. The number of hydrogen-bond donors (Lipinski definition) is 6. The number of phosphoric ester groups is 2. The van der Waals surface area contributed by atoms with Crippen LogP contribution in [0.25, 0.3) is 0 Å². The Hall–Kier alpha value is -1.65. The Kier molecular flexibility index (Phi) is 65.7. The fourth-order valence-corrected chi connectivity index (χ4v) is 13.1. The van der Waals surface area contributed by atoms with Gasteiger partial charge in [-0.25, -0.2) is 13.9 Å². The molecule has 0 rings (SSSR count). The molecule has 2 unspecified atom stereocenters. The van der Waals surface area contributed by atoms with Crippen LogP contribution in [0, 0.1) is 11.8 Å². The Balaban J connectivity index is 5.20. The fraction of sp³-hybridized carbons (Fsp3) is 0.958. The molecule has 0 radical (unpaired) electrons. The molecule has 4 amide bonds. The number of phosphoric acid groups is 2. The number of ether oxygens (including phenoxy) is 2. The maximum atomic E-state index is 13.2. The van der Waals surface area contributed by atoms with Gasteiger partial charge in [-0.15, -0.1) is 0 Å². The first-order chi connectivity index (χ1) is 44.2. The highest BCUT2D eigenvalue weighted by Crippen LogP contribution is 2.44. The van der Waals surface area contributed by atoms with Gasteiger partial charge in [-0.05, 0) is 37.5 Å². The highest BCUT2D eigenvalue weighted by Gasteiger charge is 2.26. The van der Waals surface area contributed by atoms with Gasteiger partial charge < -0.3 is 40.5 Å². The van der Waals surface area contributed by atoms with Crippen LogP contribution in [-0.2, 0) is 46.3 Å². The fourth-order valence-electron chi connectivity index (χ4n) is 11.5. The lowest BCUT2D eigenvalue weighted by Gasteiger charge is -2.22. The van der Waals surface area contributed by atoms with E-state index < -0.39 is 33.8 Å². The lowest BCUT2D eigenvalue weighted by Crippen LogP contribution is -2.41. The molecule has 0 aromatic carbocycles. The Labute approximate surface area is 559 Å². The normalized spacial score (nSPS) is 14.4. The molecule has 0 aliphatic rings. The molecule has 91 heavy (non-hydrogen) atoms. The first-order valence-corrected chi connectivity index (χ1v) is 41.2. The van der Waals surface area contributed by atoms with Crippen molar-refractivity contribution in [3.63, 3.8) is 0 Å². The smallest absolute Gasteiger partial charge is 0.379 e. The molecule has 542 valence electrons. The number of unbranched alkanes of at least 4 members (excludes halogenated alkanes) is 37. The van der Waals surface area contributed by atoms with Gasteiger partial charge >= 0.3 is 21.7 Å². The van der Waals surface area contributed by atoms with Crippen molar-refractivity contribution in [3.8, 4) is 0 Å². The number of nitrogens with one attached hydrogen (secondary N) is 4. The highest BCUT2D eigenvalue weighted by molar-refractivity contribution is 7.47. The molecular weight excluding hydrogens is 1190 g/mol. The van der Waals surface area contributed by atoms with Crippen LogP contribution >= 0.6 is 15.6 Å². The van der Waals surface area contributed by atoms with Crippen molar-refractivity contribution in [1.29, 1.82) is 0 Å². The molecule has 0 saturated heterocycles. The topological polar surface area (TPSA) is 229 Å². The summed E-state index contributed by atoms with van der Waals surface area (Å²) in [5, 5.41) is 11.0. The van der Waals surface area contributed by atoms with E-state index in [0.29, 0.717) is 37.9 Å². The van der Waals surface area contributed by atoms with E-state index in [4.69, 9.17) is 27.6 Å². The number of amides is 4. The molecule has 0 aliphatic carbocycles. The molecule has 0 aliphatic heterocycles. The standard InChI is InChI=1S/C72H146N4O13P2/c1-7-12-17-22-25-28-31-34-37-42-47-52-70(77)75-68(62-84-58-54-66(6)49-44-39-20-15-10-4)64-88-90(80,81)86-60-56-73-72(79)74-57-61-87-91(82,83)89-65-69(76-71(78)53-48-43-38-35-32-29-26-23-18-13-8-2)63-85-59-55-67(50-45-40-21-16-11-5)51-46-41-36-33-30-27-24-19-14-9-3/h66-69H,7-65H2,1-6H3,(H,75,77)(H,76,78)(H,80,81)(H,82,83)(H2,73,74,79)/t66-,67+,68+,69+/m0/s1. The van der Waals surface area contributed by atoms with Crippen LogP contribution in [0.2, 0.25) is 0 Å². The van der Waals surface area contributed by atoms with E-state index in [9.17, 15) is 33.3 Å². The van der Waals surface area contributed by atoms with E-state index in [2.05, 4.69) is 62.8 Å². The Morgan fingerprint density at radius 1 is 0.341 bits per heavy atom. The SMILES string of the molecule is CCCCCCCCCCCCCC(=O)N[C@H](COCC[C@@H](C)CCCCCCC)COP(=O)(O)OCCNC(=O)NCCOP(=O)(O)OC[C@@H](COCC[C@H](CCCCCCC)CCCCCCCCCCCC)NC(=O)CCCCCCCCCCCCC. The van der Waals surface area contributed by atoms with Gasteiger partial charge in [0.15, 0.2) is 0 Å². The highest BCUT2D eigenvalue weighted by atomic mass is 31.2. The first kappa shape index (κ1) is 89.3. The minimum atomic E-state index is -4.61. The van der Waals surface area contributed by atoms with E-state index in [1.807, 2.05) is 0 Å². The number of carbonyl (C=O) groups is 3. The summed E-state index contributed by atoms with van der Waals surface area (Å²) >= 11 is 0. The zero-order valence-electron chi connectivity index (χ0n) is 59.8. The Bertz CT molecular complexity index is 1710. The van der Waals surface area contributed by atoms with E-state index in [1.54, 1.807) is 0 Å². The summed E-state index contributed by atoms with van der Waals surface area (Å²) in [6.45, 7) is 13.0. The zero-order chi connectivity index (χ0) is 66.8. The summed E-state index contributed by atoms with van der Waals surface area (Å²) in [4.78, 5) is 60.1. The van der Waals surface area contributed by atoms with Crippen molar-refractivity contribution in [2.24, 2.45) is 11.8 Å². The summed E-state index contributed by atoms with van der Waals surface area (Å²) in [6, 6.07) is -2.01. The number of urea groups is 1. The van der Waals surface area contributed by atoms with Crippen LogP contribution < -0.4 is 21.3 Å². The van der Waals surface area contributed by atoms with Gasteiger partial charge in [-0.1, -0.05) is 318 Å². The molecule has 17 nitrogen and oxygen atoms in total. The average Bonchev–Trinajstić information content (AvgIpc) is 3.70. The van der Waals surface area contributed by atoms with Gasteiger partial charge in [0.25, 0.3) is 0 Å². The van der Waals surface area contributed by atoms with Gasteiger partial charge in [0.1, 0.15) is 0 Å².